The van der Waals surface area contributed by atoms with Crippen LogP contribution in [0.1, 0.15) is 13.8 Å². The zero-order valence-electron chi connectivity index (χ0n) is 8.18. The van der Waals surface area contributed by atoms with E-state index in [9.17, 15) is 13.2 Å². The van der Waals surface area contributed by atoms with Crippen LogP contribution in [0.15, 0.2) is 35.7 Å². The van der Waals surface area contributed by atoms with Crippen LogP contribution in [0.3, 0.4) is 0 Å². The molecule has 0 saturated heterocycles. The van der Waals surface area contributed by atoms with E-state index in [1.54, 1.807) is 13.0 Å². The first-order chi connectivity index (χ1) is 6.45. The van der Waals surface area contributed by atoms with Crippen LogP contribution in [-0.4, -0.2) is 12.5 Å². The fourth-order valence-electron chi connectivity index (χ4n) is 0.737. The second kappa shape index (κ2) is 6.43. The summed E-state index contributed by atoms with van der Waals surface area (Å²) in [5, 5.41) is 0. The van der Waals surface area contributed by atoms with Crippen LogP contribution in [0.4, 0.5) is 13.2 Å². The van der Waals surface area contributed by atoms with Crippen molar-refractivity contribution in [1.29, 1.82) is 0 Å². The number of hydrogen-bond acceptors (Lipinski definition) is 1. The molecule has 0 rings (SSSR count). The molecular formula is C10H14F3N. The van der Waals surface area contributed by atoms with Gasteiger partial charge in [0, 0.05) is 11.6 Å². The molecule has 2 N–H and O–H groups in total. The standard InChI is InChI=1S/C10H14F3N/c1-7(14)5-3-4-6-9(8(2)11)10(12)13/h3-7,10H,14H2,1-2H3/b5-3+,6-4-,9-8-/t7-/m1/s1. The molecule has 1 atom stereocenters. The SMILES string of the molecule is C\C(F)=C(/C=C\C=C\[C@@H](C)N)C(F)F. The van der Waals surface area contributed by atoms with E-state index in [4.69, 9.17) is 5.73 Å². The summed E-state index contributed by atoms with van der Waals surface area (Å²) in [6.07, 6.45) is 2.72. The molecule has 0 aliphatic carbocycles. The maximum absolute atomic E-state index is 12.5. The zero-order valence-corrected chi connectivity index (χ0v) is 8.18. The van der Waals surface area contributed by atoms with Gasteiger partial charge < -0.3 is 5.73 Å². The van der Waals surface area contributed by atoms with E-state index in [0.717, 1.165) is 13.0 Å². The zero-order chi connectivity index (χ0) is 11.1. The van der Waals surface area contributed by atoms with Gasteiger partial charge in [0.15, 0.2) is 0 Å². The van der Waals surface area contributed by atoms with Gasteiger partial charge in [-0.1, -0.05) is 24.3 Å². The molecule has 14 heavy (non-hydrogen) atoms. The third kappa shape index (κ3) is 5.59. The molecule has 0 radical (unpaired) electrons. The van der Waals surface area contributed by atoms with Gasteiger partial charge in [-0.3, -0.25) is 0 Å². The molecule has 80 valence electrons. The van der Waals surface area contributed by atoms with Crippen LogP contribution in [0.25, 0.3) is 0 Å². The highest BCUT2D eigenvalue weighted by Crippen LogP contribution is 2.15. The minimum atomic E-state index is -2.79. The smallest absolute Gasteiger partial charge is 0.266 e. The Bertz CT molecular complexity index is 248. The molecule has 4 heteroatoms. The summed E-state index contributed by atoms with van der Waals surface area (Å²) in [6.45, 7) is 2.75. The van der Waals surface area contributed by atoms with E-state index in [1.165, 1.54) is 12.2 Å². The number of halogens is 3. The summed E-state index contributed by atoms with van der Waals surface area (Å²) in [7, 11) is 0. The summed E-state index contributed by atoms with van der Waals surface area (Å²) >= 11 is 0. The van der Waals surface area contributed by atoms with E-state index in [0.29, 0.717) is 0 Å². The van der Waals surface area contributed by atoms with E-state index in [1.807, 2.05) is 0 Å². The number of nitrogens with two attached hydrogens (primary N) is 1. The first kappa shape index (κ1) is 13.0. The molecule has 0 amide bonds. The lowest BCUT2D eigenvalue weighted by molar-refractivity contribution is 0.190. The molecule has 0 saturated carbocycles. The lowest BCUT2D eigenvalue weighted by atomic mass is 10.2. The third-order valence-electron chi connectivity index (χ3n) is 1.43. The van der Waals surface area contributed by atoms with Crippen LogP contribution < -0.4 is 5.73 Å². The molecular weight excluding hydrogens is 191 g/mol. The Hall–Kier alpha value is -1.03. The van der Waals surface area contributed by atoms with Crippen molar-refractivity contribution in [2.75, 3.05) is 0 Å². The van der Waals surface area contributed by atoms with Crippen molar-refractivity contribution >= 4 is 0 Å². The van der Waals surface area contributed by atoms with Crippen molar-refractivity contribution in [1.82, 2.24) is 0 Å². The molecule has 0 aliphatic heterocycles. The van der Waals surface area contributed by atoms with E-state index < -0.39 is 17.8 Å². The Kier molecular flexibility index (Phi) is 5.95. The summed E-state index contributed by atoms with van der Waals surface area (Å²) in [5.74, 6) is -0.870. The second-order valence-corrected chi connectivity index (χ2v) is 2.89. The number of alkyl halides is 2. The number of hydrogen-bond donors (Lipinski definition) is 1. The van der Waals surface area contributed by atoms with Crippen LogP contribution in [0, 0.1) is 0 Å². The fourth-order valence-corrected chi connectivity index (χ4v) is 0.737. The molecule has 0 aromatic carbocycles. The van der Waals surface area contributed by atoms with Crippen molar-refractivity contribution in [3.05, 3.63) is 35.7 Å². The predicted octanol–water partition coefficient (Wildman–Crippen LogP) is 2.95. The van der Waals surface area contributed by atoms with Crippen LogP contribution in [-0.2, 0) is 0 Å². The quantitative estimate of drug-likeness (QED) is 0.701. The van der Waals surface area contributed by atoms with Gasteiger partial charge in [0.05, 0.1) is 0 Å². The summed E-state index contributed by atoms with van der Waals surface area (Å²) in [5.41, 5.74) is 4.78. The van der Waals surface area contributed by atoms with Crippen LogP contribution >= 0.6 is 0 Å². The Morgan fingerprint density at radius 3 is 2.21 bits per heavy atom. The molecule has 1 nitrogen and oxygen atoms in total. The average Bonchev–Trinajstić information content (AvgIpc) is 2.01. The van der Waals surface area contributed by atoms with Crippen LogP contribution in [0.5, 0.6) is 0 Å². The lowest BCUT2D eigenvalue weighted by Gasteiger charge is -1.99. The monoisotopic (exact) mass is 205 g/mol. The highest BCUT2D eigenvalue weighted by molar-refractivity contribution is 5.26. The van der Waals surface area contributed by atoms with Crippen molar-refractivity contribution in [3.63, 3.8) is 0 Å². The van der Waals surface area contributed by atoms with Gasteiger partial charge in [-0.15, -0.1) is 0 Å². The number of allylic oxidation sites excluding steroid dienone is 5. The van der Waals surface area contributed by atoms with Gasteiger partial charge >= 0.3 is 0 Å². The number of rotatable bonds is 4. The first-order valence-electron chi connectivity index (χ1n) is 4.20. The molecule has 0 heterocycles. The first-order valence-corrected chi connectivity index (χ1v) is 4.20. The average molecular weight is 205 g/mol. The molecule has 0 unspecified atom stereocenters. The Morgan fingerprint density at radius 2 is 1.86 bits per heavy atom. The highest BCUT2D eigenvalue weighted by atomic mass is 19.3. The predicted molar refractivity (Wildman–Crippen MR) is 51.7 cm³/mol. The molecule has 0 spiro atoms. The second-order valence-electron chi connectivity index (χ2n) is 2.89. The minimum absolute atomic E-state index is 0.148. The molecule has 0 aromatic heterocycles. The topological polar surface area (TPSA) is 26.0 Å². The molecule has 0 bridgehead atoms. The Balaban J connectivity index is 4.41. The third-order valence-corrected chi connectivity index (χ3v) is 1.43. The normalized spacial score (nSPS) is 16.8. The molecule has 0 aromatic rings. The summed E-state index contributed by atoms with van der Waals surface area (Å²) in [4.78, 5) is 0. The van der Waals surface area contributed by atoms with Crippen molar-refractivity contribution < 1.29 is 13.2 Å². The molecule has 0 aliphatic rings. The van der Waals surface area contributed by atoms with Gasteiger partial charge in [0.2, 0.25) is 0 Å². The Labute approximate surface area is 81.8 Å². The van der Waals surface area contributed by atoms with Gasteiger partial charge in [-0.2, -0.15) is 0 Å². The van der Waals surface area contributed by atoms with Crippen molar-refractivity contribution in [3.8, 4) is 0 Å². The van der Waals surface area contributed by atoms with E-state index >= 15 is 0 Å². The van der Waals surface area contributed by atoms with E-state index in [-0.39, 0.29) is 6.04 Å². The van der Waals surface area contributed by atoms with Crippen molar-refractivity contribution in [2.24, 2.45) is 5.73 Å². The minimum Gasteiger partial charge on any atom is -0.325 e. The van der Waals surface area contributed by atoms with Crippen LogP contribution in [0.2, 0.25) is 0 Å². The van der Waals surface area contributed by atoms with Gasteiger partial charge in [0.1, 0.15) is 5.83 Å². The maximum atomic E-state index is 12.5. The molecule has 0 fully saturated rings. The maximum Gasteiger partial charge on any atom is 0.266 e. The van der Waals surface area contributed by atoms with Gasteiger partial charge in [-0.05, 0) is 13.8 Å². The van der Waals surface area contributed by atoms with Gasteiger partial charge in [-0.25, -0.2) is 13.2 Å². The lowest BCUT2D eigenvalue weighted by Crippen LogP contribution is -2.09. The van der Waals surface area contributed by atoms with Gasteiger partial charge in [0.25, 0.3) is 6.43 Å². The fraction of sp³-hybridized carbons (Fsp3) is 0.400. The van der Waals surface area contributed by atoms with E-state index in [2.05, 4.69) is 0 Å². The Morgan fingerprint density at radius 1 is 1.29 bits per heavy atom. The summed E-state index contributed by atoms with van der Waals surface area (Å²) in [6, 6.07) is -0.148. The highest BCUT2D eigenvalue weighted by Gasteiger charge is 2.10. The van der Waals surface area contributed by atoms with Crippen molar-refractivity contribution in [2.45, 2.75) is 26.3 Å². The largest absolute Gasteiger partial charge is 0.325 e. The summed E-state index contributed by atoms with van der Waals surface area (Å²) < 4.78 is 36.8.